The van der Waals surface area contributed by atoms with Crippen molar-refractivity contribution in [2.75, 3.05) is 6.61 Å². The van der Waals surface area contributed by atoms with Crippen LogP contribution >= 0.6 is 15.9 Å². The molecule has 0 aromatic heterocycles. The Labute approximate surface area is 245 Å². The van der Waals surface area contributed by atoms with Gasteiger partial charge >= 0.3 is 5.97 Å². The van der Waals surface area contributed by atoms with Crippen LogP contribution in [-0.4, -0.2) is 26.5 Å². The van der Waals surface area contributed by atoms with Crippen LogP contribution in [0, 0.1) is 6.92 Å². The highest BCUT2D eigenvalue weighted by atomic mass is 79.9. The molecule has 0 aliphatic heterocycles. The summed E-state index contributed by atoms with van der Waals surface area (Å²) in [4.78, 5) is 14.2. The molecule has 8 heteroatoms. The van der Waals surface area contributed by atoms with Gasteiger partial charge in [0.2, 0.25) is 10.0 Å². The van der Waals surface area contributed by atoms with E-state index in [0.29, 0.717) is 12.1 Å². The minimum Gasteiger partial charge on any atom is -0.465 e. The summed E-state index contributed by atoms with van der Waals surface area (Å²) in [6.45, 7) is 4.09. The third-order valence-electron chi connectivity index (χ3n) is 6.70. The molecule has 208 valence electrons. The van der Waals surface area contributed by atoms with E-state index in [9.17, 15) is 13.2 Å². The number of halogens is 1. The highest BCUT2D eigenvalue weighted by molar-refractivity contribution is 9.10. The van der Waals surface area contributed by atoms with Crippen LogP contribution in [-0.2, 0) is 32.5 Å². The van der Waals surface area contributed by atoms with Gasteiger partial charge in [-0.15, -0.1) is 0 Å². The summed E-state index contributed by atoms with van der Waals surface area (Å²) in [5.41, 5.74) is 1.84. The summed E-state index contributed by atoms with van der Waals surface area (Å²) < 4.78 is 37.1. The number of esters is 1. The molecule has 0 bridgehead atoms. The lowest BCUT2D eigenvalue weighted by Crippen LogP contribution is -2.62. The summed E-state index contributed by atoms with van der Waals surface area (Å²) in [5.74, 6) is -0.550. The molecular weight excluding hydrogens is 588 g/mol. The number of hydrogen-bond donors (Lipinski definition) is 2. The van der Waals surface area contributed by atoms with E-state index < -0.39 is 27.6 Å². The van der Waals surface area contributed by atoms with Crippen molar-refractivity contribution < 1.29 is 17.9 Å². The van der Waals surface area contributed by atoms with Crippen LogP contribution in [0.2, 0.25) is 0 Å². The second-order valence-electron chi connectivity index (χ2n) is 9.62. The number of rotatable bonds is 12. The van der Waals surface area contributed by atoms with Crippen LogP contribution in [0.4, 0.5) is 0 Å². The van der Waals surface area contributed by atoms with Gasteiger partial charge in [0.15, 0.2) is 0 Å². The molecule has 0 aliphatic carbocycles. The maximum atomic E-state index is 14.1. The maximum absolute atomic E-state index is 14.1. The van der Waals surface area contributed by atoms with Gasteiger partial charge in [0.1, 0.15) is 5.54 Å². The molecule has 2 N–H and O–H groups in total. The van der Waals surface area contributed by atoms with E-state index >= 15 is 0 Å². The van der Waals surface area contributed by atoms with Crippen LogP contribution < -0.4 is 10.0 Å². The predicted molar refractivity (Wildman–Crippen MR) is 161 cm³/mol. The minimum absolute atomic E-state index is 0.110. The normalized spacial score (nSPS) is 13.8. The number of ether oxygens (including phenoxy) is 1. The van der Waals surface area contributed by atoms with E-state index in [1.54, 1.807) is 31.2 Å². The topological polar surface area (TPSA) is 84.5 Å². The third-order valence-corrected chi connectivity index (χ3v) is 8.63. The third kappa shape index (κ3) is 7.26. The van der Waals surface area contributed by atoms with Gasteiger partial charge in [-0.2, -0.15) is 0 Å². The van der Waals surface area contributed by atoms with Crippen LogP contribution in [0.1, 0.15) is 35.2 Å². The second kappa shape index (κ2) is 13.4. The first-order valence-corrected chi connectivity index (χ1v) is 15.4. The zero-order chi connectivity index (χ0) is 28.6. The van der Waals surface area contributed by atoms with E-state index in [1.807, 2.05) is 91.9 Å². The molecule has 0 aliphatic rings. The Bertz CT molecular complexity index is 1510. The first kappa shape index (κ1) is 29.7. The molecule has 40 heavy (non-hydrogen) atoms. The number of benzene rings is 4. The zero-order valence-electron chi connectivity index (χ0n) is 22.5. The van der Waals surface area contributed by atoms with Crippen molar-refractivity contribution in [3.63, 3.8) is 0 Å². The number of carbonyl (C=O) groups is 1. The number of aryl methyl sites for hydroxylation is 1. The second-order valence-corrected chi connectivity index (χ2v) is 12.2. The molecule has 2 atom stereocenters. The Hall–Kier alpha value is -3.30. The molecule has 6 nitrogen and oxygen atoms in total. The molecule has 0 unspecified atom stereocenters. The van der Waals surface area contributed by atoms with E-state index in [0.717, 1.165) is 21.2 Å². The van der Waals surface area contributed by atoms with Crippen molar-refractivity contribution in [3.05, 3.63) is 136 Å². The van der Waals surface area contributed by atoms with Crippen molar-refractivity contribution >= 4 is 31.9 Å². The fraction of sp³-hybridized carbons (Fsp3) is 0.219. The molecule has 0 saturated heterocycles. The lowest BCUT2D eigenvalue weighted by atomic mass is 9.80. The summed E-state index contributed by atoms with van der Waals surface area (Å²) in [6, 6.07) is 32.1. The van der Waals surface area contributed by atoms with Gasteiger partial charge in [-0.3, -0.25) is 5.32 Å². The van der Waals surface area contributed by atoms with Crippen LogP contribution in [0.5, 0.6) is 0 Å². The Morgan fingerprint density at radius 3 is 2.10 bits per heavy atom. The van der Waals surface area contributed by atoms with Gasteiger partial charge in [-0.25, -0.2) is 17.9 Å². The van der Waals surface area contributed by atoms with Crippen molar-refractivity contribution in [1.82, 2.24) is 10.0 Å². The average Bonchev–Trinajstić information content (AvgIpc) is 2.95. The number of hydrogen-bond acceptors (Lipinski definition) is 5. The number of nitrogens with one attached hydrogen (secondary N) is 2. The van der Waals surface area contributed by atoms with E-state index in [-0.39, 0.29) is 17.9 Å². The molecule has 0 radical (unpaired) electrons. The minimum atomic E-state index is -4.06. The standard InChI is InChI=1S/C32H33BrN2O4S/c1-3-39-31(36)32(22-25-11-6-4-7-12-25,34-23-26-13-8-5-9-14-26)30(27-15-10-16-28(33)21-27)35-40(37,38)29-19-17-24(2)18-20-29/h4-21,30,34-35H,3,22-23H2,1-2H3/t30-,32-/m1/s1. The highest BCUT2D eigenvalue weighted by Crippen LogP contribution is 2.34. The van der Waals surface area contributed by atoms with Crippen LogP contribution in [0.15, 0.2) is 119 Å². The van der Waals surface area contributed by atoms with Gasteiger partial charge in [0.25, 0.3) is 0 Å². The molecule has 4 rings (SSSR count). The maximum Gasteiger partial charge on any atom is 0.328 e. The predicted octanol–water partition coefficient (Wildman–Crippen LogP) is 6.11. The molecule has 4 aromatic rings. The van der Waals surface area contributed by atoms with Crippen molar-refractivity contribution in [3.8, 4) is 0 Å². The van der Waals surface area contributed by atoms with Crippen LogP contribution in [0.25, 0.3) is 0 Å². The van der Waals surface area contributed by atoms with Crippen LogP contribution in [0.3, 0.4) is 0 Å². The van der Waals surface area contributed by atoms with Gasteiger partial charge in [0, 0.05) is 17.4 Å². The largest absolute Gasteiger partial charge is 0.465 e. The Morgan fingerprint density at radius 1 is 0.875 bits per heavy atom. The SMILES string of the molecule is CCOC(=O)[C@](Cc1ccccc1)(NCc1ccccc1)[C@H](NS(=O)(=O)c1ccc(C)cc1)c1cccc(Br)c1. The van der Waals surface area contributed by atoms with Gasteiger partial charge in [0.05, 0.1) is 17.5 Å². The van der Waals surface area contributed by atoms with Crippen molar-refractivity contribution in [2.24, 2.45) is 0 Å². The summed E-state index contributed by atoms with van der Waals surface area (Å²) in [5, 5.41) is 3.47. The lowest BCUT2D eigenvalue weighted by molar-refractivity contribution is -0.152. The van der Waals surface area contributed by atoms with Gasteiger partial charge < -0.3 is 4.74 Å². The van der Waals surface area contributed by atoms with Gasteiger partial charge in [-0.05, 0) is 54.8 Å². The lowest BCUT2D eigenvalue weighted by Gasteiger charge is -2.40. The zero-order valence-corrected chi connectivity index (χ0v) is 24.9. The molecule has 0 spiro atoms. The first-order valence-electron chi connectivity index (χ1n) is 13.1. The van der Waals surface area contributed by atoms with Crippen molar-refractivity contribution in [2.45, 2.75) is 43.3 Å². The Kier molecular flexibility index (Phi) is 9.92. The van der Waals surface area contributed by atoms with Gasteiger partial charge in [-0.1, -0.05) is 106 Å². The number of carbonyl (C=O) groups excluding carboxylic acids is 1. The molecule has 0 saturated carbocycles. The van der Waals surface area contributed by atoms with Crippen molar-refractivity contribution in [1.29, 1.82) is 0 Å². The summed E-state index contributed by atoms with van der Waals surface area (Å²) >= 11 is 3.53. The molecule has 0 amide bonds. The fourth-order valence-corrected chi connectivity index (χ4v) is 6.34. The molecular formula is C32H33BrN2O4S. The fourth-order valence-electron chi connectivity index (χ4n) is 4.64. The smallest absolute Gasteiger partial charge is 0.328 e. The first-order chi connectivity index (χ1) is 19.2. The molecule has 0 fully saturated rings. The summed E-state index contributed by atoms with van der Waals surface area (Å²) in [7, 11) is -4.06. The monoisotopic (exact) mass is 620 g/mol. The highest BCUT2D eigenvalue weighted by Gasteiger charge is 2.49. The summed E-state index contributed by atoms with van der Waals surface area (Å²) in [6.07, 6.45) is 0.174. The van der Waals surface area contributed by atoms with E-state index in [2.05, 4.69) is 26.0 Å². The Balaban J connectivity index is 1.91. The molecule has 0 heterocycles. The van der Waals surface area contributed by atoms with E-state index in [1.165, 1.54) is 0 Å². The number of sulfonamides is 1. The average molecular weight is 622 g/mol. The molecule has 4 aromatic carbocycles. The quantitative estimate of drug-likeness (QED) is 0.187. The Morgan fingerprint density at radius 2 is 1.50 bits per heavy atom. The van der Waals surface area contributed by atoms with E-state index in [4.69, 9.17) is 4.74 Å².